The fraction of sp³-hybridized carbons (Fsp3) is 0.800. The second-order valence-electron chi connectivity index (χ2n) is 2.54. The van der Waals surface area contributed by atoms with Gasteiger partial charge in [0.2, 0.25) is 5.96 Å². The first kappa shape index (κ1) is 9.51. The molecule has 0 aromatic heterocycles. The van der Waals surface area contributed by atoms with Gasteiger partial charge in [-0.25, -0.2) is 9.24 Å². The van der Waals surface area contributed by atoms with Crippen molar-refractivity contribution in [1.82, 2.24) is 9.57 Å². The van der Waals surface area contributed by atoms with Crippen LogP contribution in [0.5, 0.6) is 0 Å². The average Bonchev–Trinajstić information content (AvgIpc) is 2.29. The summed E-state index contributed by atoms with van der Waals surface area (Å²) in [5.74, 6) is -0.0779. The van der Waals surface area contributed by atoms with Gasteiger partial charge in [-0.05, 0) is 6.92 Å². The van der Waals surface area contributed by atoms with Crippen molar-refractivity contribution in [3.05, 3.63) is 0 Å². The van der Waals surface area contributed by atoms with Gasteiger partial charge in [-0.3, -0.25) is 5.41 Å². The molecule has 70 valence electrons. The fourth-order valence-corrected chi connectivity index (χ4v) is 1.88. The standard InChI is InChI=1S/C5H12N3O3P/c1-2-7-3-4-8(5(7)6)12(9,10)11/h6H,2-4H2,1H3,(H2,9,10,11). The molecule has 12 heavy (non-hydrogen) atoms. The lowest BCUT2D eigenvalue weighted by atomic mass is 10.6. The average molecular weight is 193 g/mol. The quantitative estimate of drug-likeness (QED) is 0.522. The highest BCUT2D eigenvalue weighted by molar-refractivity contribution is 7.50. The lowest BCUT2D eigenvalue weighted by Crippen LogP contribution is -2.30. The van der Waals surface area contributed by atoms with Crippen molar-refractivity contribution in [3.63, 3.8) is 0 Å². The van der Waals surface area contributed by atoms with Crippen LogP contribution in [0.3, 0.4) is 0 Å². The highest BCUT2D eigenvalue weighted by atomic mass is 31.2. The molecule has 0 bridgehead atoms. The molecule has 0 radical (unpaired) electrons. The molecule has 0 spiro atoms. The van der Waals surface area contributed by atoms with Gasteiger partial charge in [-0.1, -0.05) is 0 Å². The van der Waals surface area contributed by atoms with Crippen LogP contribution in [-0.4, -0.2) is 45.0 Å². The van der Waals surface area contributed by atoms with Crippen LogP contribution in [-0.2, 0) is 4.57 Å². The van der Waals surface area contributed by atoms with Gasteiger partial charge in [0.15, 0.2) is 0 Å². The topological polar surface area (TPSA) is 87.9 Å². The predicted molar refractivity (Wildman–Crippen MR) is 43.7 cm³/mol. The van der Waals surface area contributed by atoms with Crippen LogP contribution in [0.15, 0.2) is 0 Å². The molecule has 0 atom stereocenters. The zero-order chi connectivity index (χ0) is 9.35. The van der Waals surface area contributed by atoms with Gasteiger partial charge in [0.05, 0.1) is 0 Å². The van der Waals surface area contributed by atoms with Gasteiger partial charge >= 0.3 is 7.75 Å². The highest BCUT2D eigenvalue weighted by Gasteiger charge is 2.35. The molecule has 0 aromatic rings. The summed E-state index contributed by atoms with van der Waals surface area (Å²) in [5.41, 5.74) is 0. The van der Waals surface area contributed by atoms with Crippen LogP contribution in [0.4, 0.5) is 0 Å². The summed E-state index contributed by atoms with van der Waals surface area (Å²) in [4.78, 5) is 19.2. The van der Waals surface area contributed by atoms with E-state index in [9.17, 15) is 4.57 Å². The van der Waals surface area contributed by atoms with E-state index in [1.54, 1.807) is 4.90 Å². The number of hydrogen-bond donors (Lipinski definition) is 3. The molecule has 1 fully saturated rings. The van der Waals surface area contributed by atoms with Crippen LogP contribution >= 0.6 is 7.75 Å². The van der Waals surface area contributed by atoms with Crippen molar-refractivity contribution in [1.29, 1.82) is 5.41 Å². The normalized spacial score (nSPS) is 19.1. The number of likely N-dealkylation sites (N-methyl/N-ethyl adjacent to an activating group) is 1. The zero-order valence-electron chi connectivity index (χ0n) is 6.77. The van der Waals surface area contributed by atoms with E-state index >= 15 is 0 Å². The van der Waals surface area contributed by atoms with Crippen molar-refractivity contribution < 1.29 is 14.4 Å². The molecule has 1 aliphatic rings. The molecule has 0 unspecified atom stereocenters. The van der Waals surface area contributed by atoms with Crippen molar-refractivity contribution in [3.8, 4) is 0 Å². The van der Waals surface area contributed by atoms with Gasteiger partial charge in [0.25, 0.3) is 0 Å². The monoisotopic (exact) mass is 193 g/mol. The summed E-state index contributed by atoms with van der Waals surface area (Å²) < 4.78 is 11.6. The van der Waals surface area contributed by atoms with Gasteiger partial charge in [-0.2, -0.15) is 0 Å². The third kappa shape index (κ3) is 1.60. The van der Waals surface area contributed by atoms with Crippen molar-refractivity contribution >= 4 is 13.7 Å². The smallest absolute Gasteiger partial charge is 0.341 e. The molecule has 0 aromatic carbocycles. The third-order valence-corrected chi connectivity index (χ3v) is 2.84. The van der Waals surface area contributed by atoms with Crippen LogP contribution in [0.25, 0.3) is 0 Å². The second-order valence-corrected chi connectivity index (χ2v) is 4.05. The van der Waals surface area contributed by atoms with Gasteiger partial charge in [0.1, 0.15) is 0 Å². The summed E-state index contributed by atoms with van der Waals surface area (Å²) in [6.07, 6.45) is 0. The number of hydrogen-bond acceptors (Lipinski definition) is 2. The van der Waals surface area contributed by atoms with Crippen LogP contribution in [0.2, 0.25) is 0 Å². The number of guanidine groups is 1. The highest BCUT2D eigenvalue weighted by Crippen LogP contribution is 2.41. The van der Waals surface area contributed by atoms with Crippen LogP contribution in [0, 0.1) is 5.41 Å². The summed E-state index contributed by atoms with van der Waals surface area (Å²) in [7, 11) is -4.25. The first-order chi connectivity index (χ1) is 5.46. The zero-order valence-corrected chi connectivity index (χ0v) is 7.66. The van der Waals surface area contributed by atoms with E-state index in [0.717, 1.165) is 4.67 Å². The third-order valence-electron chi connectivity index (χ3n) is 1.82. The van der Waals surface area contributed by atoms with E-state index in [1.165, 1.54) is 0 Å². The van der Waals surface area contributed by atoms with Crippen molar-refractivity contribution in [2.45, 2.75) is 6.92 Å². The largest absolute Gasteiger partial charge is 0.432 e. The van der Waals surface area contributed by atoms with Crippen molar-refractivity contribution in [2.24, 2.45) is 0 Å². The molecule has 0 amide bonds. The Hall–Kier alpha value is -0.580. The Morgan fingerprint density at radius 1 is 1.58 bits per heavy atom. The van der Waals surface area contributed by atoms with E-state index in [0.29, 0.717) is 13.1 Å². The lowest BCUT2D eigenvalue weighted by molar-refractivity contribution is 0.323. The van der Waals surface area contributed by atoms with Crippen molar-refractivity contribution in [2.75, 3.05) is 19.6 Å². The maximum absolute atomic E-state index is 10.8. The van der Waals surface area contributed by atoms with Crippen LogP contribution < -0.4 is 0 Å². The van der Waals surface area contributed by atoms with Gasteiger partial charge in [0, 0.05) is 19.6 Å². The first-order valence-electron chi connectivity index (χ1n) is 3.64. The molecule has 1 aliphatic heterocycles. The Morgan fingerprint density at radius 2 is 2.17 bits per heavy atom. The summed E-state index contributed by atoms with van der Waals surface area (Å²) in [6.45, 7) is 3.20. The molecule has 0 aliphatic carbocycles. The SMILES string of the molecule is CCN1CCN(P(=O)(O)O)C1=N. The molecule has 3 N–H and O–H groups in total. The van der Waals surface area contributed by atoms with E-state index in [1.807, 2.05) is 6.92 Å². The molecule has 6 nitrogen and oxygen atoms in total. The minimum Gasteiger partial charge on any atom is -0.341 e. The van der Waals surface area contributed by atoms with Gasteiger partial charge in [-0.15, -0.1) is 0 Å². The second kappa shape index (κ2) is 3.05. The fourth-order valence-electron chi connectivity index (χ4n) is 1.15. The van der Waals surface area contributed by atoms with E-state index in [4.69, 9.17) is 15.2 Å². The van der Waals surface area contributed by atoms with E-state index < -0.39 is 7.75 Å². The minimum absolute atomic E-state index is 0.0779. The molecular formula is C5H12N3O3P. The predicted octanol–water partition coefficient (Wildman–Crippen LogP) is -0.349. The minimum atomic E-state index is -4.25. The summed E-state index contributed by atoms with van der Waals surface area (Å²) >= 11 is 0. The Labute approximate surface area is 70.5 Å². The number of nitrogens with zero attached hydrogens (tertiary/aromatic N) is 2. The Balaban J connectivity index is 2.74. The molecule has 0 saturated carbocycles. The molecule has 1 saturated heterocycles. The summed E-state index contributed by atoms with van der Waals surface area (Å²) in [6, 6.07) is 0. The lowest BCUT2D eigenvalue weighted by Gasteiger charge is -2.20. The van der Waals surface area contributed by atoms with E-state index in [-0.39, 0.29) is 12.5 Å². The first-order valence-corrected chi connectivity index (χ1v) is 5.20. The molecular weight excluding hydrogens is 181 g/mol. The molecule has 7 heteroatoms. The maximum atomic E-state index is 10.8. The molecule has 1 rings (SSSR count). The number of nitrogens with one attached hydrogen (secondary N) is 1. The van der Waals surface area contributed by atoms with Crippen LogP contribution in [0.1, 0.15) is 6.92 Å². The Morgan fingerprint density at radius 3 is 2.42 bits per heavy atom. The van der Waals surface area contributed by atoms with E-state index in [2.05, 4.69) is 0 Å². The van der Waals surface area contributed by atoms with Gasteiger partial charge < -0.3 is 14.7 Å². The number of rotatable bonds is 2. The Kier molecular flexibility index (Phi) is 2.41. The summed E-state index contributed by atoms with van der Waals surface area (Å²) in [5, 5.41) is 7.38. The maximum Gasteiger partial charge on any atom is 0.432 e. The Bertz CT molecular complexity index is 238. The molecule has 1 heterocycles.